The lowest BCUT2D eigenvalue weighted by atomic mass is 10.1. The Morgan fingerprint density at radius 1 is 1.35 bits per heavy atom. The molecule has 1 N–H and O–H groups in total. The molecular weight excluding hydrogens is 248 g/mol. The molecular formula is C11H13F2NO2S. The maximum atomic E-state index is 13.5. The van der Waals surface area contributed by atoms with Crippen LogP contribution in [0.4, 0.5) is 8.78 Å². The average molecular weight is 261 g/mol. The van der Waals surface area contributed by atoms with Gasteiger partial charge in [0.15, 0.2) is 9.84 Å². The van der Waals surface area contributed by atoms with Crippen molar-refractivity contribution in [2.75, 3.05) is 12.3 Å². The second-order valence-corrected chi connectivity index (χ2v) is 6.73. The van der Waals surface area contributed by atoms with Crippen LogP contribution in [0.15, 0.2) is 18.2 Å². The maximum Gasteiger partial charge on any atom is 0.156 e. The second kappa shape index (κ2) is 4.34. The van der Waals surface area contributed by atoms with E-state index in [4.69, 9.17) is 0 Å². The fourth-order valence-corrected chi connectivity index (χ4v) is 3.32. The molecule has 0 saturated carbocycles. The van der Waals surface area contributed by atoms with Crippen molar-refractivity contribution >= 4 is 9.84 Å². The van der Waals surface area contributed by atoms with E-state index in [0.717, 1.165) is 12.1 Å². The Balaban J connectivity index is 2.30. The van der Waals surface area contributed by atoms with E-state index in [0.29, 0.717) is 0 Å². The Bertz CT molecular complexity index is 530. The molecule has 3 nitrogen and oxygen atoms in total. The third kappa shape index (κ3) is 2.47. The van der Waals surface area contributed by atoms with E-state index in [9.17, 15) is 17.2 Å². The highest BCUT2D eigenvalue weighted by atomic mass is 32.2. The summed E-state index contributed by atoms with van der Waals surface area (Å²) >= 11 is 0. The number of hydrogen-bond donors (Lipinski definition) is 1. The Kier molecular flexibility index (Phi) is 3.18. The largest absolute Gasteiger partial charge is 0.308 e. The Labute approximate surface area is 98.8 Å². The van der Waals surface area contributed by atoms with Crippen LogP contribution in [0.3, 0.4) is 0 Å². The molecule has 0 spiro atoms. The zero-order valence-electron chi connectivity index (χ0n) is 9.28. The van der Waals surface area contributed by atoms with Gasteiger partial charge in [-0.2, -0.15) is 0 Å². The van der Waals surface area contributed by atoms with Crippen LogP contribution in [0, 0.1) is 11.6 Å². The van der Waals surface area contributed by atoms with Crippen LogP contribution in [-0.4, -0.2) is 26.0 Å². The molecule has 0 amide bonds. The lowest BCUT2D eigenvalue weighted by Crippen LogP contribution is -2.44. The Morgan fingerprint density at radius 2 is 2.06 bits per heavy atom. The standard InChI is InChI=1S/C11H13F2NO2S/c1-7-5-14-11(6-17(7,15)16)9-3-2-8(12)4-10(9)13/h2-4,7,11,14H,5-6H2,1H3. The SMILES string of the molecule is CC1CNC(c2ccc(F)cc2F)CS1(=O)=O. The molecule has 1 fully saturated rings. The van der Waals surface area contributed by atoms with Gasteiger partial charge in [0.25, 0.3) is 0 Å². The van der Waals surface area contributed by atoms with Crippen molar-refractivity contribution < 1.29 is 17.2 Å². The molecule has 1 heterocycles. The predicted octanol–water partition coefficient (Wildman–Crippen LogP) is 1.41. The monoisotopic (exact) mass is 261 g/mol. The van der Waals surface area contributed by atoms with E-state index in [-0.39, 0.29) is 17.9 Å². The van der Waals surface area contributed by atoms with Crippen LogP contribution in [0.5, 0.6) is 0 Å². The third-order valence-electron chi connectivity index (χ3n) is 3.00. The first-order valence-corrected chi connectivity index (χ1v) is 7.01. The summed E-state index contributed by atoms with van der Waals surface area (Å²) in [6.45, 7) is 1.89. The van der Waals surface area contributed by atoms with Crippen molar-refractivity contribution in [2.24, 2.45) is 0 Å². The predicted molar refractivity (Wildman–Crippen MR) is 60.4 cm³/mol. The van der Waals surface area contributed by atoms with Crippen molar-refractivity contribution in [1.29, 1.82) is 0 Å². The van der Waals surface area contributed by atoms with Gasteiger partial charge in [0.05, 0.1) is 11.0 Å². The van der Waals surface area contributed by atoms with Gasteiger partial charge in [-0.15, -0.1) is 0 Å². The minimum absolute atomic E-state index is 0.156. The highest BCUT2D eigenvalue weighted by molar-refractivity contribution is 7.92. The van der Waals surface area contributed by atoms with Crippen LogP contribution in [0.2, 0.25) is 0 Å². The zero-order valence-corrected chi connectivity index (χ0v) is 10.1. The number of halogens is 2. The van der Waals surface area contributed by atoms with Crippen molar-refractivity contribution in [2.45, 2.75) is 18.2 Å². The van der Waals surface area contributed by atoms with Gasteiger partial charge < -0.3 is 5.32 Å². The van der Waals surface area contributed by atoms with Crippen molar-refractivity contribution in [1.82, 2.24) is 5.32 Å². The minimum Gasteiger partial charge on any atom is -0.308 e. The lowest BCUT2D eigenvalue weighted by molar-refractivity contribution is 0.482. The number of sulfone groups is 1. The molecule has 1 saturated heterocycles. The highest BCUT2D eigenvalue weighted by Crippen LogP contribution is 2.24. The summed E-state index contributed by atoms with van der Waals surface area (Å²) in [7, 11) is -3.21. The molecule has 2 atom stereocenters. The van der Waals surface area contributed by atoms with Gasteiger partial charge in [-0.05, 0) is 13.0 Å². The first kappa shape index (κ1) is 12.4. The maximum absolute atomic E-state index is 13.5. The van der Waals surface area contributed by atoms with E-state index < -0.39 is 32.8 Å². The van der Waals surface area contributed by atoms with Crippen LogP contribution >= 0.6 is 0 Å². The van der Waals surface area contributed by atoms with Gasteiger partial charge in [0, 0.05) is 24.2 Å². The van der Waals surface area contributed by atoms with E-state index in [1.807, 2.05) is 0 Å². The Morgan fingerprint density at radius 3 is 2.65 bits per heavy atom. The van der Waals surface area contributed by atoms with E-state index in [2.05, 4.69) is 5.32 Å². The summed E-state index contributed by atoms with van der Waals surface area (Å²) in [6.07, 6.45) is 0. The highest BCUT2D eigenvalue weighted by Gasteiger charge is 2.32. The fraction of sp³-hybridized carbons (Fsp3) is 0.455. The smallest absolute Gasteiger partial charge is 0.156 e. The van der Waals surface area contributed by atoms with E-state index in [1.165, 1.54) is 6.07 Å². The lowest BCUT2D eigenvalue weighted by Gasteiger charge is -2.28. The van der Waals surface area contributed by atoms with E-state index in [1.54, 1.807) is 6.92 Å². The fourth-order valence-electron chi connectivity index (χ4n) is 1.87. The first-order chi connectivity index (χ1) is 7.90. The third-order valence-corrected chi connectivity index (χ3v) is 5.19. The minimum atomic E-state index is -3.21. The van der Waals surface area contributed by atoms with Crippen LogP contribution in [0.1, 0.15) is 18.5 Å². The molecule has 1 aromatic rings. The van der Waals surface area contributed by atoms with Gasteiger partial charge in [0.2, 0.25) is 0 Å². The van der Waals surface area contributed by atoms with Gasteiger partial charge in [-0.25, -0.2) is 17.2 Å². The number of benzene rings is 1. The van der Waals surface area contributed by atoms with Crippen LogP contribution < -0.4 is 5.32 Å². The summed E-state index contributed by atoms with van der Waals surface area (Å²) in [6, 6.07) is 2.58. The molecule has 2 rings (SSSR count). The van der Waals surface area contributed by atoms with Gasteiger partial charge >= 0.3 is 0 Å². The second-order valence-electron chi connectivity index (χ2n) is 4.27. The van der Waals surface area contributed by atoms with Crippen molar-refractivity contribution in [3.63, 3.8) is 0 Å². The molecule has 17 heavy (non-hydrogen) atoms. The van der Waals surface area contributed by atoms with Crippen LogP contribution in [0.25, 0.3) is 0 Å². The van der Waals surface area contributed by atoms with Gasteiger partial charge in [0.1, 0.15) is 11.6 Å². The van der Waals surface area contributed by atoms with E-state index >= 15 is 0 Å². The topological polar surface area (TPSA) is 46.2 Å². The van der Waals surface area contributed by atoms with Crippen molar-refractivity contribution in [3.05, 3.63) is 35.4 Å². The summed E-state index contributed by atoms with van der Waals surface area (Å²) in [5.41, 5.74) is 0.196. The molecule has 0 aliphatic carbocycles. The Hall–Kier alpha value is -1.01. The number of hydrogen-bond acceptors (Lipinski definition) is 3. The molecule has 0 radical (unpaired) electrons. The van der Waals surface area contributed by atoms with Crippen LogP contribution in [-0.2, 0) is 9.84 Å². The summed E-state index contributed by atoms with van der Waals surface area (Å²) < 4.78 is 49.7. The van der Waals surface area contributed by atoms with Gasteiger partial charge in [-0.1, -0.05) is 6.07 Å². The van der Waals surface area contributed by atoms with Gasteiger partial charge in [-0.3, -0.25) is 0 Å². The number of rotatable bonds is 1. The number of nitrogens with one attached hydrogen (secondary N) is 1. The summed E-state index contributed by atoms with van der Waals surface area (Å²) in [5, 5.41) is 2.49. The molecule has 0 bridgehead atoms. The molecule has 1 aliphatic rings. The molecule has 0 aromatic heterocycles. The molecule has 6 heteroatoms. The summed E-state index contributed by atoms with van der Waals surface area (Å²) in [4.78, 5) is 0. The molecule has 2 unspecified atom stereocenters. The molecule has 94 valence electrons. The molecule has 1 aromatic carbocycles. The average Bonchev–Trinajstić information content (AvgIpc) is 2.22. The quantitative estimate of drug-likeness (QED) is 0.831. The first-order valence-electron chi connectivity index (χ1n) is 5.30. The normalized spacial score (nSPS) is 27.9. The summed E-state index contributed by atoms with van der Waals surface area (Å²) in [5.74, 6) is -1.54. The van der Waals surface area contributed by atoms with Crippen molar-refractivity contribution in [3.8, 4) is 0 Å². The zero-order chi connectivity index (χ0) is 12.6. The molecule has 1 aliphatic heterocycles.